The van der Waals surface area contributed by atoms with Crippen LogP contribution in [0, 0.1) is 0 Å². The summed E-state index contributed by atoms with van der Waals surface area (Å²) in [5, 5.41) is 4.57. The van der Waals surface area contributed by atoms with E-state index in [-0.39, 0.29) is 5.92 Å². The molecular formula is C18H22N2O. The van der Waals surface area contributed by atoms with Gasteiger partial charge in [-0.3, -0.25) is 9.48 Å². The van der Waals surface area contributed by atoms with Crippen molar-refractivity contribution in [1.29, 1.82) is 0 Å². The Labute approximate surface area is 126 Å². The molecule has 3 nitrogen and oxygen atoms in total. The molecule has 1 aromatic heterocycles. The summed E-state index contributed by atoms with van der Waals surface area (Å²) >= 11 is 0. The fraction of sp³-hybridized carbons (Fsp3) is 0.333. The molecule has 0 aliphatic rings. The predicted molar refractivity (Wildman–Crippen MR) is 85.6 cm³/mol. The van der Waals surface area contributed by atoms with Gasteiger partial charge in [0.15, 0.2) is 6.29 Å². The lowest BCUT2D eigenvalue weighted by atomic mass is 10.0. The van der Waals surface area contributed by atoms with Gasteiger partial charge in [0.1, 0.15) is 0 Å². The third-order valence-corrected chi connectivity index (χ3v) is 3.63. The summed E-state index contributed by atoms with van der Waals surface area (Å²) in [6, 6.07) is 10.4. The maximum Gasteiger partial charge on any atom is 0.153 e. The number of hydrogen-bond donors (Lipinski definition) is 0. The average Bonchev–Trinajstić information content (AvgIpc) is 2.92. The Morgan fingerprint density at radius 3 is 2.76 bits per heavy atom. The van der Waals surface area contributed by atoms with Crippen LogP contribution in [0.15, 0.2) is 49.2 Å². The van der Waals surface area contributed by atoms with Crippen LogP contribution in [0.2, 0.25) is 0 Å². The molecule has 0 spiro atoms. The number of aromatic nitrogens is 2. The van der Waals surface area contributed by atoms with E-state index in [4.69, 9.17) is 0 Å². The summed E-state index contributed by atoms with van der Waals surface area (Å²) in [5.41, 5.74) is 2.91. The van der Waals surface area contributed by atoms with Gasteiger partial charge in [-0.15, -0.1) is 6.58 Å². The van der Waals surface area contributed by atoms with Gasteiger partial charge in [0, 0.05) is 18.7 Å². The minimum absolute atomic E-state index is 0.234. The molecule has 0 saturated carbocycles. The molecule has 1 unspecified atom stereocenters. The summed E-state index contributed by atoms with van der Waals surface area (Å²) in [5.74, 6) is 0.234. The highest BCUT2D eigenvalue weighted by Gasteiger charge is 2.14. The third kappa shape index (κ3) is 4.15. The molecule has 0 fully saturated rings. The van der Waals surface area contributed by atoms with E-state index in [0.29, 0.717) is 5.56 Å². The zero-order chi connectivity index (χ0) is 15.1. The molecule has 110 valence electrons. The first-order chi connectivity index (χ1) is 10.2. The number of allylic oxidation sites excluding steroid dienone is 1. The second-order valence-electron chi connectivity index (χ2n) is 5.37. The lowest BCUT2D eigenvalue weighted by Gasteiger charge is -2.06. The Kier molecular flexibility index (Phi) is 5.50. The lowest BCUT2D eigenvalue weighted by molar-refractivity contribution is 0.112. The van der Waals surface area contributed by atoms with Crippen molar-refractivity contribution in [2.45, 2.75) is 38.6 Å². The van der Waals surface area contributed by atoms with Crippen LogP contribution in [0.25, 0.3) is 0 Å². The van der Waals surface area contributed by atoms with Gasteiger partial charge in [-0.25, -0.2) is 0 Å². The number of benzene rings is 1. The van der Waals surface area contributed by atoms with Gasteiger partial charge in [-0.05, 0) is 24.8 Å². The molecular weight excluding hydrogens is 260 g/mol. The average molecular weight is 282 g/mol. The van der Waals surface area contributed by atoms with E-state index in [1.165, 1.54) is 5.56 Å². The van der Waals surface area contributed by atoms with Crippen LogP contribution in [-0.2, 0) is 13.0 Å². The molecule has 1 aromatic carbocycles. The van der Waals surface area contributed by atoms with Gasteiger partial charge in [0.05, 0.1) is 11.3 Å². The number of nitrogens with zero attached hydrogens (tertiary/aromatic N) is 2. The Bertz CT molecular complexity index is 587. The van der Waals surface area contributed by atoms with Crippen LogP contribution in [0.5, 0.6) is 0 Å². The number of carbonyl (C=O) groups is 1. The topological polar surface area (TPSA) is 34.9 Å². The van der Waals surface area contributed by atoms with Crippen LogP contribution in [0.3, 0.4) is 0 Å². The summed E-state index contributed by atoms with van der Waals surface area (Å²) in [6.45, 7) is 6.65. The zero-order valence-electron chi connectivity index (χ0n) is 12.5. The minimum atomic E-state index is 0.234. The first-order valence-electron chi connectivity index (χ1n) is 7.42. The maximum atomic E-state index is 11.2. The van der Waals surface area contributed by atoms with Crippen LogP contribution < -0.4 is 0 Å². The van der Waals surface area contributed by atoms with Crippen molar-refractivity contribution in [2.75, 3.05) is 0 Å². The summed E-state index contributed by atoms with van der Waals surface area (Å²) in [7, 11) is 0. The Morgan fingerprint density at radius 1 is 1.33 bits per heavy atom. The van der Waals surface area contributed by atoms with Gasteiger partial charge < -0.3 is 0 Å². The van der Waals surface area contributed by atoms with Crippen molar-refractivity contribution in [3.63, 3.8) is 0 Å². The minimum Gasteiger partial charge on any atom is -0.298 e. The van der Waals surface area contributed by atoms with Crippen molar-refractivity contribution in [2.24, 2.45) is 0 Å². The van der Waals surface area contributed by atoms with Gasteiger partial charge in [0.2, 0.25) is 0 Å². The van der Waals surface area contributed by atoms with E-state index in [0.717, 1.165) is 37.8 Å². The SMILES string of the molecule is C=CCC(C)c1nn(CCCc2ccccc2)cc1C=O. The number of aryl methyl sites for hydroxylation is 2. The lowest BCUT2D eigenvalue weighted by Crippen LogP contribution is -2.02. The van der Waals surface area contributed by atoms with Crippen LogP contribution >= 0.6 is 0 Å². The summed E-state index contributed by atoms with van der Waals surface area (Å²) in [4.78, 5) is 11.2. The number of aldehydes is 1. The van der Waals surface area contributed by atoms with Crippen molar-refractivity contribution < 1.29 is 4.79 Å². The van der Waals surface area contributed by atoms with E-state index in [9.17, 15) is 4.79 Å². The molecule has 1 atom stereocenters. The highest BCUT2D eigenvalue weighted by Crippen LogP contribution is 2.20. The molecule has 0 radical (unpaired) electrons. The molecule has 1 heterocycles. The molecule has 21 heavy (non-hydrogen) atoms. The second kappa shape index (κ2) is 7.58. The van der Waals surface area contributed by atoms with Gasteiger partial charge in [-0.1, -0.05) is 43.3 Å². The number of hydrogen-bond acceptors (Lipinski definition) is 2. The van der Waals surface area contributed by atoms with Crippen molar-refractivity contribution in [3.8, 4) is 0 Å². The molecule has 3 heteroatoms. The quantitative estimate of drug-likeness (QED) is 0.541. The molecule has 0 aliphatic heterocycles. The van der Waals surface area contributed by atoms with Crippen LogP contribution in [-0.4, -0.2) is 16.1 Å². The third-order valence-electron chi connectivity index (χ3n) is 3.63. The van der Waals surface area contributed by atoms with Gasteiger partial charge in [0.25, 0.3) is 0 Å². The molecule has 2 rings (SSSR count). The Morgan fingerprint density at radius 2 is 2.10 bits per heavy atom. The smallest absolute Gasteiger partial charge is 0.153 e. The largest absolute Gasteiger partial charge is 0.298 e. The van der Waals surface area contributed by atoms with E-state index in [1.54, 1.807) is 0 Å². The normalized spacial score (nSPS) is 12.0. The molecule has 0 N–H and O–H groups in total. The van der Waals surface area contributed by atoms with E-state index in [2.05, 4.69) is 42.9 Å². The van der Waals surface area contributed by atoms with E-state index < -0.39 is 0 Å². The van der Waals surface area contributed by atoms with Crippen LogP contribution in [0.4, 0.5) is 0 Å². The molecule has 0 aliphatic carbocycles. The molecule has 0 bridgehead atoms. The fourth-order valence-electron chi connectivity index (χ4n) is 2.49. The van der Waals surface area contributed by atoms with E-state index in [1.807, 2.05) is 23.0 Å². The van der Waals surface area contributed by atoms with Crippen LogP contribution in [0.1, 0.15) is 47.3 Å². The number of rotatable bonds is 8. The number of carbonyl (C=O) groups excluding carboxylic acids is 1. The van der Waals surface area contributed by atoms with E-state index >= 15 is 0 Å². The monoisotopic (exact) mass is 282 g/mol. The van der Waals surface area contributed by atoms with Gasteiger partial charge in [-0.2, -0.15) is 5.10 Å². The highest BCUT2D eigenvalue weighted by atomic mass is 16.1. The Hall–Kier alpha value is -2.16. The standard InChI is InChI=1S/C18H22N2O/c1-3-8-15(2)18-17(14-21)13-20(19-18)12-7-11-16-9-5-4-6-10-16/h3-6,9-10,13-15H,1,7-8,11-12H2,2H3. The van der Waals surface area contributed by atoms with Crippen molar-refractivity contribution in [3.05, 3.63) is 66.0 Å². The highest BCUT2D eigenvalue weighted by molar-refractivity contribution is 5.76. The molecule has 0 amide bonds. The molecule has 2 aromatic rings. The van der Waals surface area contributed by atoms with Crippen molar-refractivity contribution in [1.82, 2.24) is 9.78 Å². The second-order valence-corrected chi connectivity index (χ2v) is 5.37. The first kappa shape index (κ1) is 15.2. The zero-order valence-corrected chi connectivity index (χ0v) is 12.5. The summed E-state index contributed by atoms with van der Waals surface area (Å²) < 4.78 is 1.89. The summed E-state index contributed by atoms with van der Waals surface area (Å²) in [6.07, 6.45) is 7.49. The first-order valence-corrected chi connectivity index (χ1v) is 7.42. The molecule has 0 saturated heterocycles. The Balaban J connectivity index is 1.97. The predicted octanol–water partition coefficient (Wildman–Crippen LogP) is 4.01. The fourth-order valence-corrected chi connectivity index (χ4v) is 2.49. The maximum absolute atomic E-state index is 11.2. The van der Waals surface area contributed by atoms with Gasteiger partial charge >= 0.3 is 0 Å². The van der Waals surface area contributed by atoms with Crippen molar-refractivity contribution >= 4 is 6.29 Å².